The van der Waals surface area contributed by atoms with Crippen molar-refractivity contribution in [3.05, 3.63) is 70.9 Å². The van der Waals surface area contributed by atoms with Crippen LogP contribution in [0.25, 0.3) is 23.1 Å². The number of halogens is 2. The number of para-hydroxylation sites is 1. The molecule has 0 fully saturated rings. The van der Waals surface area contributed by atoms with Gasteiger partial charge in [-0.05, 0) is 35.9 Å². The summed E-state index contributed by atoms with van der Waals surface area (Å²) in [6.07, 6.45) is 4.16. The van der Waals surface area contributed by atoms with E-state index in [4.69, 9.17) is 11.6 Å². The fraction of sp³-hybridized carbons (Fsp3) is 0.150. The Labute approximate surface area is 165 Å². The lowest BCUT2D eigenvalue weighted by molar-refractivity contribution is -0.646. The first-order chi connectivity index (χ1) is 11.1. The molecular weight excluding hydrogens is 431 g/mol. The molecule has 4 heteroatoms. The molecule has 3 aromatic rings. The van der Waals surface area contributed by atoms with E-state index in [9.17, 15) is 0 Å². The average Bonchev–Trinajstić information content (AvgIpc) is 2.55. The van der Waals surface area contributed by atoms with E-state index in [2.05, 4.69) is 72.3 Å². The Morgan fingerprint density at radius 3 is 2.42 bits per heavy atom. The van der Waals surface area contributed by atoms with Gasteiger partial charge in [0.25, 0.3) is 0 Å². The van der Waals surface area contributed by atoms with Gasteiger partial charge in [0.05, 0.1) is 0 Å². The maximum absolute atomic E-state index is 6.39. The molecule has 1 heterocycles. The predicted molar refractivity (Wildman–Crippen MR) is 99.8 cm³/mol. The summed E-state index contributed by atoms with van der Waals surface area (Å²) in [5.74, 6) is 0. The van der Waals surface area contributed by atoms with Crippen molar-refractivity contribution in [2.24, 2.45) is 7.05 Å². The van der Waals surface area contributed by atoms with Gasteiger partial charge in [0.2, 0.25) is 11.2 Å². The number of aryl methyl sites for hydroxylation is 1. The van der Waals surface area contributed by atoms with Crippen LogP contribution >= 0.6 is 11.6 Å². The summed E-state index contributed by atoms with van der Waals surface area (Å²) in [7, 11) is 6.10. The van der Waals surface area contributed by atoms with Gasteiger partial charge in [-0.3, -0.25) is 0 Å². The van der Waals surface area contributed by atoms with Crippen LogP contribution in [0.15, 0.2) is 54.6 Å². The van der Waals surface area contributed by atoms with Crippen molar-refractivity contribution in [1.29, 1.82) is 0 Å². The predicted octanol–water partition coefficient (Wildman–Crippen LogP) is 1.56. The summed E-state index contributed by atoms with van der Waals surface area (Å²) in [4.78, 5) is 2.04. The number of nitrogens with zero attached hydrogens (tertiary/aromatic N) is 2. The molecule has 0 N–H and O–H groups in total. The molecule has 0 atom stereocenters. The molecule has 1 aromatic heterocycles. The molecular formula is C20H20ClIN2. The van der Waals surface area contributed by atoms with E-state index in [1.54, 1.807) is 0 Å². The van der Waals surface area contributed by atoms with Crippen LogP contribution < -0.4 is 33.4 Å². The first-order valence-corrected chi connectivity index (χ1v) is 7.97. The normalized spacial score (nSPS) is 10.8. The minimum absolute atomic E-state index is 0. The van der Waals surface area contributed by atoms with E-state index in [1.165, 1.54) is 10.9 Å². The van der Waals surface area contributed by atoms with Crippen LogP contribution in [-0.2, 0) is 7.05 Å². The summed E-state index contributed by atoms with van der Waals surface area (Å²) < 4.78 is 2.19. The quantitative estimate of drug-likeness (QED) is 0.434. The zero-order valence-corrected chi connectivity index (χ0v) is 16.9. The molecule has 0 aliphatic carbocycles. The van der Waals surface area contributed by atoms with Gasteiger partial charge in [0.15, 0.2) is 0 Å². The molecule has 124 valence electrons. The Kier molecular flexibility index (Phi) is 6.24. The number of pyridine rings is 1. The number of anilines is 1. The number of benzene rings is 2. The third-order valence-corrected chi connectivity index (χ3v) is 4.38. The fourth-order valence-electron chi connectivity index (χ4n) is 2.63. The van der Waals surface area contributed by atoms with E-state index >= 15 is 0 Å². The van der Waals surface area contributed by atoms with E-state index < -0.39 is 0 Å². The van der Waals surface area contributed by atoms with Gasteiger partial charge in [-0.1, -0.05) is 29.8 Å². The van der Waals surface area contributed by atoms with E-state index in [-0.39, 0.29) is 24.0 Å². The van der Waals surface area contributed by atoms with Gasteiger partial charge in [-0.25, -0.2) is 0 Å². The van der Waals surface area contributed by atoms with Crippen LogP contribution in [0.1, 0.15) is 11.3 Å². The lowest BCUT2D eigenvalue weighted by Gasteiger charge is -2.13. The van der Waals surface area contributed by atoms with Gasteiger partial charge < -0.3 is 28.9 Å². The highest BCUT2D eigenvalue weighted by molar-refractivity contribution is 6.32. The largest absolute Gasteiger partial charge is 1.00 e. The van der Waals surface area contributed by atoms with E-state index in [0.717, 1.165) is 22.0 Å². The topological polar surface area (TPSA) is 7.12 Å². The van der Waals surface area contributed by atoms with Gasteiger partial charge in [-0.2, -0.15) is 4.57 Å². The zero-order chi connectivity index (χ0) is 16.4. The van der Waals surface area contributed by atoms with Crippen LogP contribution in [0.4, 0.5) is 5.69 Å². The summed E-state index contributed by atoms with van der Waals surface area (Å²) in [6.45, 7) is 0. The van der Waals surface area contributed by atoms with Crippen LogP contribution in [0.3, 0.4) is 0 Å². The lowest BCUT2D eigenvalue weighted by Crippen LogP contribution is -3.00. The molecule has 2 aromatic carbocycles. The molecule has 0 aliphatic rings. The number of fused-ring (bicyclic) bond motifs is 1. The maximum atomic E-state index is 6.39. The lowest BCUT2D eigenvalue weighted by atomic mass is 10.1. The maximum Gasteiger partial charge on any atom is 0.212 e. The molecule has 2 nitrogen and oxygen atoms in total. The van der Waals surface area contributed by atoms with Gasteiger partial charge in [-0.15, -0.1) is 0 Å². The summed E-state index contributed by atoms with van der Waals surface area (Å²) in [5, 5.41) is 2.00. The monoisotopic (exact) mass is 450 g/mol. The fourth-order valence-corrected chi connectivity index (χ4v) is 2.87. The summed E-state index contributed by atoms with van der Waals surface area (Å²) in [5.41, 5.74) is 4.47. The molecule has 0 saturated carbocycles. The second-order valence-corrected chi connectivity index (χ2v) is 6.22. The van der Waals surface area contributed by atoms with Crippen molar-refractivity contribution in [1.82, 2.24) is 0 Å². The van der Waals surface area contributed by atoms with Gasteiger partial charge >= 0.3 is 0 Å². The number of hydrogen-bond acceptors (Lipinski definition) is 1. The Balaban J connectivity index is 0.00000208. The number of aromatic nitrogens is 1. The van der Waals surface area contributed by atoms with Crippen molar-refractivity contribution >= 4 is 40.3 Å². The molecule has 0 unspecified atom stereocenters. The molecule has 24 heavy (non-hydrogen) atoms. The average molecular weight is 451 g/mol. The minimum atomic E-state index is 0. The molecule has 0 spiro atoms. The smallest absolute Gasteiger partial charge is 0.212 e. The van der Waals surface area contributed by atoms with Crippen molar-refractivity contribution in [3.8, 4) is 0 Å². The van der Waals surface area contributed by atoms with Crippen molar-refractivity contribution in [2.75, 3.05) is 19.0 Å². The second kappa shape index (κ2) is 7.99. The second-order valence-electron chi connectivity index (χ2n) is 5.81. The van der Waals surface area contributed by atoms with Crippen LogP contribution in [-0.4, -0.2) is 14.1 Å². The molecule has 0 saturated heterocycles. The Bertz CT molecular complexity index is 888. The van der Waals surface area contributed by atoms with E-state index in [0.29, 0.717) is 0 Å². The van der Waals surface area contributed by atoms with E-state index in [1.807, 2.05) is 25.1 Å². The summed E-state index contributed by atoms with van der Waals surface area (Å²) >= 11 is 6.39. The van der Waals surface area contributed by atoms with Crippen LogP contribution in [0.2, 0.25) is 5.02 Å². The van der Waals surface area contributed by atoms with Crippen molar-refractivity contribution < 1.29 is 28.5 Å². The number of hydrogen-bond donors (Lipinski definition) is 0. The highest BCUT2D eigenvalue weighted by atomic mass is 127. The van der Waals surface area contributed by atoms with Gasteiger partial charge in [0.1, 0.15) is 7.05 Å². The van der Waals surface area contributed by atoms with Gasteiger partial charge in [0, 0.05) is 48.4 Å². The standard InChI is InChI=1S/C20H20ClN2.HI/c1-22(2)18-13-9-15(19(21)14-18)8-11-17-12-10-16-6-4-5-7-20(16)23(17)3;/h4-14H,1-3H3;1H/q+1;/p-1. The Morgan fingerprint density at radius 1 is 0.958 bits per heavy atom. The molecule has 0 amide bonds. The van der Waals surface area contributed by atoms with Crippen LogP contribution in [0.5, 0.6) is 0 Å². The first-order valence-electron chi connectivity index (χ1n) is 7.59. The Morgan fingerprint density at radius 2 is 1.71 bits per heavy atom. The highest BCUT2D eigenvalue weighted by Gasteiger charge is 2.08. The minimum Gasteiger partial charge on any atom is -1.00 e. The first kappa shape index (κ1) is 18.7. The summed E-state index contributed by atoms with van der Waals surface area (Å²) in [6, 6.07) is 18.8. The van der Waals surface area contributed by atoms with Crippen molar-refractivity contribution in [2.45, 2.75) is 0 Å². The SMILES string of the molecule is CN(C)c1ccc(/C=C/c2ccc3ccccc3[n+]2C)c(Cl)c1.[I-]. The van der Waals surface area contributed by atoms with Crippen LogP contribution in [0, 0.1) is 0 Å². The third kappa shape index (κ3) is 3.90. The molecule has 0 bridgehead atoms. The highest BCUT2D eigenvalue weighted by Crippen LogP contribution is 2.24. The Hall–Kier alpha value is -1.59. The molecule has 0 radical (unpaired) electrons. The number of rotatable bonds is 3. The molecule has 3 rings (SSSR count). The third-order valence-electron chi connectivity index (χ3n) is 4.05. The van der Waals surface area contributed by atoms with Crippen molar-refractivity contribution in [3.63, 3.8) is 0 Å². The molecule has 0 aliphatic heterocycles. The zero-order valence-electron chi connectivity index (χ0n) is 14.0.